The fourth-order valence-corrected chi connectivity index (χ4v) is 2.57. The van der Waals surface area contributed by atoms with Crippen LogP contribution in [0.4, 0.5) is 0 Å². The van der Waals surface area contributed by atoms with E-state index < -0.39 is 20.8 Å². The molecule has 20 heavy (non-hydrogen) atoms. The minimum absolute atomic E-state index is 0.826. The van der Waals surface area contributed by atoms with E-state index in [1.807, 2.05) is 30.3 Å². The van der Waals surface area contributed by atoms with Crippen LogP contribution >= 0.6 is 17.0 Å². The van der Waals surface area contributed by atoms with E-state index in [0.717, 1.165) is 5.92 Å². The summed E-state index contributed by atoms with van der Waals surface area (Å²) in [7, 11) is 9.87. The molecule has 1 fully saturated rings. The van der Waals surface area contributed by atoms with Crippen molar-refractivity contribution in [2.24, 2.45) is 0 Å². The van der Waals surface area contributed by atoms with Gasteiger partial charge < -0.3 is 0 Å². The molecule has 1 aliphatic rings. The summed E-state index contributed by atoms with van der Waals surface area (Å²) in [5.74, 6) is 0.894. The molecule has 0 amide bonds. The molecule has 1 aliphatic carbocycles. The topological polar surface area (TPSA) is 0 Å². The van der Waals surface area contributed by atoms with Gasteiger partial charge in [0, 0.05) is 0 Å². The van der Waals surface area contributed by atoms with Crippen molar-refractivity contribution in [3.05, 3.63) is 59.7 Å². The molecular weight excluding hydrogens is 366 g/mol. The van der Waals surface area contributed by atoms with Crippen LogP contribution in [-0.2, 0) is 27.3 Å². The molecular formula is C17H22Cl2Zr. The summed E-state index contributed by atoms with van der Waals surface area (Å²) in [6.45, 7) is 2.23. The average Bonchev–Trinajstić information content (AvgIpc) is 3.22. The zero-order valence-electron chi connectivity index (χ0n) is 12.0. The van der Waals surface area contributed by atoms with E-state index in [9.17, 15) is 0 Å². The molecule has 3 rings (SSSR count). The molecule has 0 unspecified atom stereocenters. The largest absolute Gasteiger partial charge is 0.214 e. The van der Waals surface area contributed by atoms with Gasteiger partial charge in [0.1, 0.15) is 0 Å². The third-order valence-electron chi connectivity index (χ3n) is 3.63. The van der Waals surface area contributed by atoms with Crippen molar-refractivity contribution in [1.29, 1.82) is 0 Å². The first-order valence-electron chi connectivity index (χ1n) is 7.20. The smallest absolute Gasteiger partial charge is 0.172 e. The Bertz CT molecular complexity index is 397. The molecule has 0 radical (unpaired) electrons. The molecule has 0 bridgehead atoms. The maximum absolute atomic E-state index is 4.93. The summed E-state index contributed by atoms with van der Waals surface area (Å²) < 4.78 is 0. The van der Waals surface area contributed by atoms with Gasteiger partial charge in [-0.2, -0.15) is 41.5 Å². The van der Waals surface area contributed by atoms with Gasteiger partial charge >= 0.3 is 37.9 Å². The van der Waals surface area contributed by atoms with Crippen LogP contribution in [0.5, 0.6) is 0 Å². The number of rotatable bonds is 2. The Balaban J connectivity index is 0.000000208. The first-order valence-corrected chi connectivity index (χ1v) is 13.5. The van der Waals surface area contributed by atoms with Crippen molar-refractivity contribution in [3.63, 3.8) is 0 Å². The number of halogens is 2. The maximum Gasteiger partial charge on any atom is -0.172 e. The van der Waals surface area contributed by atoms with E-state index in [1.165, 1.54) is 37.7 Å². The standard InChI is InChI=1S/C12H17.C5H5.2ClH.Zr/c1-2-10-7-8-12(9-10)11-5-3-4-6-11;1-2-4-5-3-1;;;/h7-9,11H,2-6H2,1H3;1-5H;2*1H;/q2*-1;;;+4/p-2. The maximum atomic E-state index is 4.93. The molecule has 0 aromatic heterocycles. The van der Waals surface area contributed by atoms with Gasteiger partial charge in [-0.15, -0.1) is 0 Å². The SMILES string of the molecule is CC[c-]1ccc(C2CCCC2)c1.[Cl][Zr+2][Cl].c1cc[cH-]c1. The van der Waals surface area contributed by atoms with Crippen LogP contribution in [0.2, 0.25) is 0 Å². The molecule has 1 saturated carbocycles. The fourth-order valence-electron chi connectivity index (χ4n) is 2.57. The van der Waals surface area contributed by atoms with Crippen LogP contribution in [0.1, 0.15) is 49.7 Å². The second kappa shape index (κ2) is 11.8. The van der Waals surface area contributed by atoms with Gasteiger partial charge in [0.2, 0.25) is 0 Å². The summed E-state index contributed by atoms with van der Waals surface area (Å²) in [4.78, 5) is 0. The Labute approximate surface area is 141 Å². The van der Waals surface area contributed by atoms with Crippen LogP contribution in [0.15, 0.2) is 48.5 Å². The summed E-state index contributed by atoms with van der Waals surface area (Å²) >= 11 is -0.826. The van der Waals surface area contributed by atoms with Gasteiger partial charge in [-0.25, -0.2) is 18.2 Å². The van der Waals surface area contributed by atoms with Crippen LogP contribution in [-0.4, -0.2) is 0 Å². The van der Waals surface area contributed by atoms with Gasteiger partial charge in [0.05, 0.1) is 0 Å². The molecule has 2 aromatic carbocycles. The minimum atomic E-state index is -0.826. The Morgan fingerprint density at radius 3 is 2.25 bits per heavy atom. The summed E-state index contributed by atoms with van der Waals surface area (Å²) in [6.07, 6.45) is 6.92. The Morgan fingerprint density at radius 1 is 1.25 bits per heavy atom. The molecule has 0 nitrogen and oxygen atoms in total. The van der Waals surface area contributed by atoms with Gasteiger partial charge in [-0.3, -0.25) is 0 Å². The predicted molar refractivity (Wildman–Crippen MR) is 86.4 cm³/mol. The van der Waals surface area contributed by atoms with E-state index in [4.69, 9.17) is 17.0 Å². The van der Waals surface area contributed by atoms with E-state index in [2.05, 4.69) is 25.1 Å². The van der Waals surface area contributed by atoms with E-state index >= 15 is 0 Å². The third-order valence-corrected chi connectivity index (χ3v) is 3.63. The van der Waals surface area contributed by atoms with Crippen molar-refractivity contribution in [2.75, 3.05) is 0 Å². The zero-order valence-corrected chi connectivity index (χ0v) is 16.0. The van der Waals surface area contributed by atoms with Crippen molar-refractivity contribution in [2.45, 2.75) is 44.9 Å². The van der Waals surface area contributed by atoms with Crippen molar-refractivity contribution >= 4 is 17.0 Å². The molecule has 108 valence electrons. The van der Waals surface area contributed by atoms with Crippen LogP contribution in [0.3, 0.4) is 0 Å². The Kier molecular flexibility index (Phi) is 10.7. The average molecular weight is 388 g/mol. The Hall–Kier alpha value is 0.163. The van der Waals surface area contributed by atoms with Gasteiger partial charge in [0.25, 0.3) is 0 Å². The summed E-state index contributed by atoms with van der Waals surface area (Å²) in [5.41, 5.74) is 3.11. The summed E-state index contributed by atoms with van der Waals surface area (Å²) in [6, 6.07) is 17.0. The zero-order chi connectivity index (χ0) is 14.6. The molecule has 0 N–H and O–H groups in total. The quantitative estimate of drug-likeness (QED) is 0.522. The van der Waals surface area contributed by atoms with Crippen LogP contribution in [0, 0.1) is 0 Å². The molecule has 0 aliphatic heterocycles. The van der Waals surface area contributed by atoms with Crippen molar-refractivity contribution < 1.29 is 20.8 Å². The summed E-state index contributed by atoms with van der Waals surface area (Å²) in [5, 5.41) is 0. The van der Waals surface area contributed by atoms with Crippen molar-refractivity contribution in [3.8, 4) is 0 Å². The van der Waals surface area contributed by atoms with Gasteiger partial charge in [-0.05, 0) is 0 Å². The third kappa shape index (κ3) is 7.25. The predicted octanol–water partition coefficient (Wildman–Crippen LogP) is 6.41. The first kappa shape index (κ1) is 18.2. The van der Waals surface area contributed by atoms with Gasteiger partial charge in [0.15, 0.2) is 0 Å². The van der Waals surface area contributed by atoms with Crippen molar-refractivity contribution in [1.82, 2.24) is 0 Å². The van der Waals surface area contributed by atoms with Crippen LogP contribution < -0.4 is 0 Å². The molecule has 0 heterocycles. The normalized spacial score (nSPS) is 13.8. The minimum Gasteiger partial charge on any atom is -0.214 e. The van der Waals surface area contributed by atoms with Gasteiger partial charge in [-0.1, -0.05) is 44.9 Å². The second-order valence-electron chi connectivity index (χ2n) is 4.92. The fraction of sp³-hybridized carbons (Fsp3) is 0.412. The number of hydrogen-bond acceptors (Lipinski definition) is 0. The number of aryl methyl sites for hydroxylation is 1. The van der Waals surface area contributed by atoms with E-state index in [-0.39, 0.29) is 0 Å². The number of hydrogen-bond donors (Lipinski definition) is 0. The molecule has 0 atom stereocenters. The monoisotopic (exact) mass is 386 g/mol. The molecule has 3 heteroatoms. The molecule has 0 saturated heterocycles. The first-order chi connectivity index (χ1) is 9.81. The van der Waals surface area contributed by atoms with Crippen LogP contribution in [0.25, 0.3) is 0 Å². The van der Waals surface area contributed by atoms with E-state index in [1.54, 1.807) is 5.56 Å². The molecule has 2 aromatic rings. The molecule has 0 spiro atoms. The Morgan fingerprint density at radius 2 is 1.85 bits per heavy atom. The second-order valence-corrected chi connectivity index (χ2v) is 8.65. The van der Waals surface area contributed by atoms with E-state index in [0.29, 0.717) is 0 Å².